The summed E-state index contributed by atoms with van der Waals surface area (Å²) >= 11 is 0. The Morgan fingerprint density at radius 2 is 1.96 bits per heavy atom. The summed E-state index contributed by atoms with van der Waals surface area (Å²) in [4.78, 5) is 15.0. The topological polar surface area (TPSA) is 52.6 Å². The van der Waals surface area contributed by atoms with Crippen molar-refractivity contribution >= 4 is 5.91 Å². The summed E-state index contributed by atoms with van der Waals surface area (Å²) in [6, 6.07) is 4.26. The molecular formula is C20H30N2O2. The number of aryl methyl sites for hydroxylation is 2. The lowest BCUT2D eigenvalue weighted by atomic mass is 9.89. The largest absolute Gasteiger partial charge is 0.507 e. The van der Waals surface area contributed by atoms with Crippen LogP contribution in [0.5, 0.6) is 5.75 Å². The number of amides is 1. The lowest BCUT2D eigenvalue weighted by Crippen LogP contribution is -2.43. The van der Waals surface area contributed by atoms with Gasteiger partial charge >= 0.3 is 0 Å². The van der Waals surface area contributed by atoms with Gasteiger partial charge in [0, 0.05) is 19.1 Å². The summed E-state index contributed by atoms with van der Waals surface area (Å²) in [7, 11) is 0. The van der Waals surface area contributed by atoms with E-state index >= 15 is 0 Å². The lowest BCUT2D eigenvalue weighted by molar-refractivity contribution is 0.0920. The Hall–Kier alpha value is -1.55. The van der Waals surface area contributed by atoms with E-state index in [2.05, 4.69) is 24.1 Å². The number of aromatic hydroxyl groups is 1. The van der Waals surface area contributed by atoms with E-state index in [1.54, 1.807) is 6.07 Å². The highest BCUT2D eigenvalue weighted by molar-refractivity contribution is 5.97. The van der Waals surface area contributed by atoms with Crippen molar-refractivity contribution in [3.8, 4) is 5.75 Å². The van der Waals surface area contributed by atoms with E-state index in [9.17, 15) is 9.90 Å². The number of phenolic OH excluding ortho intramolecular Hbond substituents is 1. The SMILES string of the molecule is CC(C)N1CCCC(CNC(=O)c2cc3c(cc2O)CCCC3)C1. The highest BCUT2D eigenvalue weighted by Gasteiger charge is 2.23. The quantitative estimate of drug-likeness (QED) is 0.892. The van der Waals surface area contributed by atoms with E-state index in [4.69, 9.17) is 0 Å². The normalized spacial score (nSPS) is 21.5. The minimum Gasteiger partial charge on any atom is -0.507 e. The molecule has 1 aliphatic heterocycles. The average molecular weight is 330 g/mol. The number of rotatable bonds is 4. The number of hydrogen-bond donors (Lipinski definition) is 2. The first-order valence-electron chi connectivity index (χ1n) is 9.41. The van der Waals surface area contributed by atoms with E-state index < -0.39 is 0 Å². The smallest absolute Gasteiger partial charge is 0.255 e. The third kappa shape index (κ3) is 3.92. The molecular weight excluding hydrogens is 300 g/mol. The summed E-state index contributed by atoms with van der Waals surface area (Å²) in [5, 5.41) is 13.3. The van der Waals surface area contributed by atoms with Gasteiger partial charge < -0.3 is 15.3 Å². The van der Waals surface area contributed by atoms with Gasteiger partial charge in [-0.1, -0.05) is 0 Å². The number of carbonyl (C=O) groups excluding carboxylic acids is 1. The van der Waals surface area contributed by atoms with E-state index in [1.807, 2.05) is 6.07 Å². The zero-order valence-corrected chi connectivity index (χ0v) is 15.0. The van der Waals surface area contributed by atoms with Gasteiger partial charge in [-0.15, -0.1) is 0 Å². The molecule has 1 saturated heterocycles. The maximum Gasteiger partial charge on any atom is 0.255 e. The summed E-state index contributed by atoms with van der Waals surface area (Å²) in [6.45, 7) is 7.36. The van der Waals surface area contributed by atoms with E-state index in [0.717, 1.165) is 25.9 Å². The number of piperidine rings is 1. The van der Waals surface area contributed by atoms with Crippen LogP contribution < -0.4 is 5.32 Å². The van der Waals surface area contributed by atoms with E-state index in [0.29, 0.717) is 24.1 Å². The maximum absolute atomic E-state index is 12.5. The van der Waals surface area contributed by atoms with E-state index in [-0.39, 0.29) is 11.7 Å². The van der Waals surface area contributed by atoms with Gasteiger partial charge in [-0.25, -0.2) is 0 Å². The molecule has 1 atom stereocenters. The molecule has 0 saturated carbocycles. The first-order chi connectivity index (χ1) is 11.5. The predicted molar refractivity (Wildman–Crippen MR) is 96.5 cm³/mol. The van der Waals surface area contributed by atoms with Crippen molar-refractivity contribution in [1.29, 1.82) is 0 Å². The number of hydrogen-bond acceptors (Lipinski definition) is 3. The minimum atomic E-state index is -0.137. The zero-order valence-electron chi connectivity index (χ0n) is 15.0. The van der Waals surface area contributed by atoms with Crippen LogP contribution in [0.15, 0.2) is 12.1 Å². The minimum absolute atomic E-state index is 0.126. The van der Waals surface area contributed by atoms with Crippen molar-refractivity contribution in [2.45, 2.75) is 58.4 Å². The van der Waals surface area contributed by atoms with Crippen molar-refractivity contribution in [2.75, 3.05) is 19.6 Å². The van der Waals surface area contributed by atoms with Crippen LogP contribution in [-0.2, 0) is 12.8 Å². The Kier molecular flexibility index (Phi) is 5.44. The number of nitrogens with zero attached hydrogens (tertiary/aromatic N) is 1. The van der Waals surface area contributed by atoms with Crippen LogP contribution in [0.1, 0.15) is 61.0 Å². The fourth-order valence-electron chi connectivity index (χ4n) is 4.02. The highest BCUT2D eigenvalue weighted by atomic mass is 16.3. The number of carbonyl (C=O) groups is 1. The Labute approximate surface area is 145 Å². The van der Waals surface area contributed by atoms with E-state index in [1.165, 1.54) is 36.8 Å². The summed E-state index contributed by atoms with van der Waals surface area (Å²) in [5.74, 6) is 0.494. The van der Waals surface area contributed by atoms with Gasteiger partial charge in [0.05, 0.1) is 5.56 Å². The number of benzene rings is 1. The molecule has 0 spiro atoms. The Bertz CT molecular complexity index is 598. The maximum atomic E-state index is 12.5. The number of fused-ring (bicyclic) bond motifs is 1. The Morgan fingerprint density at radius 3 is 2.67 bits per heavy atom. The fraction of sp³-hybridized carbons (Fsp3) is 0.650. The molecule has 24 heavy (non-hydrogen) atoms. The third-order valence-corrected chi connectivity index (χ3v) is 5.54. The predicted octanol–water partition coefficient (Wildman–Crippen LogP) is 3.12. The number of phenols is 1. The standard InChI is InChI=1S/C20H30N2O2/c1-14(2)22-9-5-6-15(13-22)12-21-20(24)18-10-16-7-3-4-8-17(16)11-19(18)23/h10-11,14-15,23H,3-9,12-13H2,1-2H3,(H,21,24). The molecule has 1 unspecified atom stereocenters. The molecule has 1 aromatic rings. The first-order valence-corrected chi connectivity index (χ1v) is 9.41. The van der Waals surface area contributed by atoms with Crippen LogP contribution in [0.25, 0.3) is 0 Å². The molecule has 1 amide bonds. The summed E-state index contributed by atoms with van der Waals surface area (Å²) in [5.41, 5.74) is 2.87. The molecule has 1 aliphatic carbocycles. The van der Waals surface area contributed by atoms with Crippen molar-refractivity contribution in [3.63, 3.8) is 0 Å². The van der Waals surface area contributed by atoms with Crippen LogP contribution in [0.4, 0.5) is 0 Å². The van der Waals surface area contributed by atoms with Gasteiger partial charge in [0.1, 0.15) is 5.75 Å². The summed E-state index contributed by atoms with van der Waals surface area (Å²) < 4.78 is 0. The molecule has 1 heterocycles. The second kappa shape index (κ2) is 7.56. The van der Waals surface area contributed by atoms with Crippen molar-refractivity contribution in [3.05, 3.63) is 28.8 Å². The van der Waals surface area contributed by atoms with Crippen LogP contribution >= 0.6 is 0 Å². The molecule has 2 aliphatic rings. The van der Waals surface area contributed by atoms with Crippen LogP contribution in [0, 0.1) is 5.92 Å². The second-order valence-electron chi connectivity index (χ2n) is 7.65. The molecule has 4 heteroatoms. The van der Waals surface area contributed by atoms with Crippen molar-refractivity contribution in [1.82, 2.24) is 10.2 Å². The van der Waals surface area contributed by atoms with Gasteiger partial charge in [0.15, 0.2) is 0 Å². The highest BCUT2D eigenvalue weighted by Crippen LogP contribution is 2.28. The molecule has 1 aromatic carbocycles. The Morgan fingerprint density at radius 1 is 1.25 bits per heavy atom. The number of likely N-dealkylation sites (tertiary alicyclic amines) is 1. The monoisotopic (exact) mass is 330 g/mol. The molecule has 0 aromatic heterocycles. The van der Waals surface area contributed by atoms with Gasteiger partial charge in [-0.05, 0) is 88.1 Å². The zero-order chi connectivity index (χ0) is 17.1. The van der Waals surface area contributed by atoms with Gasteiger partial charge in [0.25, 0.3) is 5.91 Å². The second-order valence-corrected chi connectivity index (χ2v) is 7.65. The molecule has 0 bridgehead atoms. The average Bonchev–Trinajstić information content (AvgIpc) is 2.59. The molecule has 4 nitrogen and oxygen atoms in total. The van der Waals surface area contributed by atoms with Crippen molar-refractivity contribution < 1.29 is 9.90 Å². The Balaban J connectivity index is 1.61. The van der Waals surface area contributed by atoms with Crippen LogP contribution in [0.2, 0.25) is 0 Å². The van der Waals surface area contributed by atoms with Gasteiger partial charge in [-0.2, -0.15) is 0 Å². The van der Waals surface area contributed by atoms with Gasteiger partial charge in [-0.3, -0.25) is 4.79 Å². The lowest BCUT2D eigenvalue weighted by Gasteiger charge is -2.35. The molecule has 0 radical (unpaired) electrons. The number of nitrogens with one attached hydrogen (secondary N) is 1. The molecule has 2 N–H and O–H groups in total. The fourth-order valence-corrected chi connectivity index (χ4v) is 4.02. The van der Waals surface area contributed by atoms with Crippen LogP contribution in [0.3, 0.4) is 0 Å². The van der Waals surface area contributed by atoms with Crippen LogP contribution in [-0.4, -0.2) is 41.6 Å². The molecule has 3 rings (SSSR count). The summed E-state index contributed by atoms with van der Waals surface area (Å²) in [6.07, 6.45) is 6.74. The first kappa shape index (κ1) is 17.3. The third-order valence-electron chi connectivity index (χ3n) is 5.54. The van der Waals surface area contributed by atoms with Gasteiger partial charge in [0.2, 0.25) is 0 Å². The van der Waals surface area contributed by atoms with Crippen molar-refractivity contribution in [2.24, 2.45) is 5.92 Å². The molecule has 132 valence electrons. The molecule has 1 fully saturated rings.